The van der Waals surface area contributed by atoms with Gasteiger partial charge in [0, 0.05) is 56.3 Å². The lowest BCUT2D eigenvalue weighted by Gasteiger charge is -2.32. The summed E-state index contributed by atoms with van der Waals surface area (Å²) in [6, 6.07) is 15.8. The standard InChI is InChI=1S/C26H25BN6O/c27-22-17-30-33-24(29-16-20-8-4-12-28-15-20)14-23(31-26(22)33)21-9-5-13-32(18-21)25(34)11-10-19-6-2-1-3-7-19/h1-4,6-8,10-12,14-15,17,21,29H,5,9,13,16,18H2/b11-10+. The summed E-state index contributed by atoms with van der Waals surface area (Å²) < 4.78 is 1.73. The number of rotatable bonds is 6. The molecule has 1 fully saturated rings. The molecule has 1 amide bonds. The van der Waals surface area contributed by atoms with Crippen LogP contribution >= 0.6 is 0 Å². The van der Waals surface area contributed by atoms with Gasteiger partial charge in [-0.05, 0) is 41.6 Å². The van der Waals surface area contributed by atoms with Crippen LogP contribution in [-0.4, -0.2) is 51.3 Å². The second-order valence-electron chi connectivity index (χ2n) is 8.48. The molecule has 1 aromatic carbocycles. The second kappa shape index (κ2) is 9.91. The van der Waals surface area contributed by atoms with E-state index in [9.17, 15) is 4.79 Å². The predicted molar refractivity (Wildman–Crippen MR) is 134 cm³/mol. The molecule has 3 aromatic heterocycles. The van der Waals surface area contributed by atoms with Crippen molar-refractivity contribution in [2.24, 2.45) is 0 Å². The van der Waals surface area contributed by atoms with E-state index >= 15 is 0 Å². The molecule has 2 radical (unpaired) electrons. The van der Waals surface area contributed by atoms with Crippen molar-refractivity contribution in [3.63, 3.8) is 0 Å². The van der Waals surface area contributed by atoms with Gasteiger partial charge < -0.3 is 10.2 Å². The van der Waals surface area contributed by atoms with Gasteiger partial charge >= 0.3 is 0 Å². The van der Waals surface area contributed by atoms with Gasteiger partial charge in [-0.25, -0.2) is 4.98 Å². The highest BCUT2D eigenvalue weighted by Crippen LogP contribution is 2.28. The number of hydrogen-bond acceptors (Lipinski definition) is 5. The monoisotopic (exact) mass is 448 g/mol. The number of carbonyl (C=O) groups is 1. The molecular formula is C26H25BN6O. The van der Waals surface area contributed by atoms with E-state index in [-0.39, 0.29) is 11.8 Å². The number of nitrogens with one attached hydrogen (secondary N) is 1. The Kier molecular flexibility index (Phi) is 6.38. The van der Waals surface area contributed by atoms with E-state index in [1.165, 1.54) is 0 Å². The number of hydrogen-bond donors (Lipinski definition) is 1. The summed E-state index contributed by atoms with van der Waals surface area (Å²) >= 11 is 0. The predicted octanol–water partition coefficient (Wildman–Crippen LogP) is 2.95. The van der Waals surface area contributed by atoms with Gasteiger partial charge in [-0.15, -0.1) is 0 Å². The summed E-state index contributed by atoms with van der Waals surface area (Å²) in [4.78, 5) is 23.8. The van der Waals surface area contributed by atoms with Crippen LogP contribution in [0.15, 0.2) is 73.2 Å². The van der Waals surface area contributed by atoms with E-state index in [0.29, 0.717) is 24.2 Å². The number of benzene rings is 1. The Morgan fingerprint density at radius 2 is 2.06 bits per heavy atom. The van der Waals surface area contributed by atoms with Crippen LogP contribution in [0.1, 0.15) is 35.6 Å². The van der Waals surface area contributed by atoms with Gasteiger partial charge in [0.1, 0.15) is 13.7 Å². The maximum absolute atomic E-state index is 12.9. The molecule has 4 aromatic rings. The number of fused-ring (bicyclic) bond motifs is 1. The molecule has 7 nitrogen and oxygen atoms in total. The number of nitrogens with zero attached hydrogens (tertiary/aromatic N) is 5. The smallest absolute Gasteiger partial charge is 0.246 e. The molecule has 1 aliphatic heterocycles. The molecular weight excluding hydrogens is 423 g/mol. The average Bonchev–Trinajstić information content (AvgIpc) is 3.28. The van der Waals surface area contributed by atoms with Crippen molar-refractivity contribution < 1.29 is 4.79 Å². The van der Waals surface area contributed by atoms with E-state index in [0.717, 1.165) is 42.0 Å². The lowest BCUT2D eigenvalue weighted by molar-refractivity contribution is -0.127. The minimum Gasteiger partial charge on any atom is -0.366 e. The lowest BCUT2D eigenvalue weighted by Crippen LogP contribution is -2.38. The minimum atomic E-state index is 0.0217. The Bertz CT molecular complexity index is 1310. The Morgan fingerprint density at radius 3 is 2.88 bits per heavy atom. The first-order valence-electron chi connectivity index (χ1n) is 11.5. The van der Waals surface area contributed by atoms with Crippen molar-refractivity contribution in [2.45, 2.75) is 25.3 Å². The summed E-state index contributed by atoms with van der Waals surface area (Å²) in [5, 5.41) is 7.83. The molecule has 34 heavy (non-hydrogen) atoms. The fraction of sp³-hybridized carbons (Fsp3) is 0.231. The third-order valence-electron chi connectivity index (χ3n) is 6.08. The zero-order valence-corrected chi connectivity index (χ0v) is 18.8. The molecule has 1 N–H and O–H groups in total. The van der Waals surface area contributed by atoms with Crippen molar-refractivity contribution in [3.8, 4) is 0 Å². The van der Waals surface area contributed by atoms with Crippen molar-refractivity contribution in [2.75, 3.05) is 18.4 Å². The zero-order chi connectivity index (χ0) is 23.3. The number of anilines is 1. The molecule has 1 atom stereocenters. The molecule has 0 spiro atoms. The van der Waals surface area contributed by atoms with Crippen LogP contribution in [0.25, 0.3) is 11.7 Å². The van der Waals surface area contributed by atoms with Gasteiger partial charge in [0.2, 0.25) is 5.91 Å². The lowest BCUT2D eigenvalue weighted by atomic mass is 9.93. The van der Waals surface area contributed by atoms with Gasteiger partial charge in [-0.3, -0.25) is 9.78 Å². The molecule has 1 aliphatic rings. The van der Waals surface area contributed by atoms with E-state index in [4.69, 9.17) is 12.8 Å². The molecule has 0 aliphatic carbocycles. The van der Waals surface area contributed by atoms with Crippen molar-refractivity contribution in [1.82, 2.24) is 24.5 Å². The summed E-state index contributed by atoms with van der Waals surface area (Å²) in [6.45, 7) is 1.97. The van der Waals surface area contributed by atoms with Gasteiger partial charge in [-0.1, -0.05) is 36.4 Å². The number of amides is 1. The van der Waals surface area contributed by atoms with E-state index in [2.05, 4.69) is 15.4 Å². The average molecular weight is 448 g/mol. The number of likely N-dealkylation sites (tertiary alicyclic amines) is 1. The highest BCUT2D eigenvalue weighted by molar-refractivity contribution is 6.36. The van der Waals surface area contributed by atoms with Crippen LogP contribution in [0.4, 0.5) is 5.82 Å². The third-order valence-corrected chi connectivity index (χ3v) is 6.08. The molecule has 0 saturated carbocycles. The Balaban J connectivity index is 1.36. The molecule has 168 valence electrons. The van der Waals surface area contributed by atoms with Crippen LogP contribution in [0.5, 0.6) is 0 Å². The van der Waals surface area contributed by atoms with Gasteiger partial charge in [0.25, 0.3) is 0 Å². The van der Waals surface area contributed by atoms with E-state index in [1.807, 2.05) is 65.7 Å². The van der Waals surface area contributed by atoms with Crippen LogP contribution in [0.2, 0.25) is 0 Å². The molecule has 1 saturated heterocycles. The summed E-state index contributed by atoms with van der Waals surface area (Å²) in [5.41, 5.74) is 4.14. The second-order valence-corrected chi connectivity index (χ2v) is 8.48. The summed E-state index contributed by atoms with van der Waals surface area (Å²) in [5.74, 6) is 0.961. The van der Waals surface area contributed by atoms with Gasteiger partial charge in [-0.2, -0.15) is 9.61 Å². The topological polar surface area (TPSA) is 75.4 Å². The molecule has 5 rings (SSSR count). The Hall–Kier alpha value is -3.94. The fourth-order valence-electron chi connectivity index (χ4n) is 4.28. The number of piperidine rings is 1. The maximum Gasteiger partial charge on any atom is 0.246 e. The van der Waals surface area contributed by atoms with Crippen LogP contribution in [-0.2, 0) is 11.3 Å². The van der Waals surface area contributed by atoms with Crippen LogP contribution < -0.4 is 10.8 Å². The maximum atomic E-state index is 12.9. The number of carbonyl (C=O) groups excluding carboxylic acids is 1. The minimum absolute atomic E-state index is 0.0217. The highest BCUT2D eigenvalue weighted by atomic mass is 16.2. The third kappa shape index (κ3) is 4.86. The first kappa shape index (κ1) is 21.9. The van der Waals surface area contributed by atoms with Crippen molar-refractivity contribution >= 4 is 36.8 Å². The van der Waals surface area contributed by atoms with Crippen LogP contribution in [0, 0.1) is 0 Å². The largest absolute Gasteiger partial charge is 0.366 e. The van der Waals surface area contributed by atoms with Crippen molar-refractivity contribution in [3.05, 3.63) is 90.0 Å². The first-order valence-corrected chi connectivity index (χ1v) is 11.5. The normalized spacial score (nSPS) is 16.2. The summed E-state index contributed by atoms with van der Waals surface area (Å²) in [6.07, 6.45) is 10.6. The van der Waals surface area contributed by atoms with Crippen molar-refractivity contribution in [1.29, 1.82) is 0 Å². The van der Waals surface area contributed by atoms with Gasteiger partial charge in [0.15, 0.2) is 5.65 Å². The fourth-order valence-corrected chi connectivity index (χ4v) is 4.28. The van der Waals surface area contributed by atoms with E-state index in [1.54, 1.807) is 23.0 Å². The molecule has 8 heteroatoms. The number of pyridine rings is 1. The molecule has 0 bridgehead atoms. The van der Waals surface area contributed by atoms with Gasteiger partial charge in [0.05, 0.1) is 5.69 Å². The highest BCUT2D eigenvalue weighted by Gasteiger charge is 2.26. The molecule has 4 heterocycles. The Morgan fingerprint density at radius 1 is 1.18 bits per heavy atom. The zero-order valence-electron chi connectivity index (χ0n) is 18.8. The Labute approximate surface area is 200 Å². The summed E-state index contributed by atoms with van der Waals surface area (Å²) in [7, 11) is 6.16. The van der Waals surface area contributed by atoms with E-state index < -0.39 is 0 Å². The first-order chi connectivity index (χ1) is 16.7. The molecule has 1 unspecified atom stereocenters. The number of aromatic nitrogens is 4. The SMILES string of the molecule is [B]c1cnn2c(NCc3cccnc3)cc(C3CCCN(C(=O)/C=C/c4ccccc4)C3)nc12. The quantitative estimate of drug-likeness (QED) is 0.363. The van der Waals surface area contributed by atoms with Crippen LogP contribution in [0.3, 0.4) is 0 Å².